The normalized spacial score (nSPS) is 12.6. The van der Waals surface area contributed by atoms with E-state index in [1.807, 2.05) is 13.0 Å². The van der Waals surface area contributed by atoms with Crippen LogP contribution in [0.1, 0.15) is 37.7 Å². The Morgan fingerprint density at radius 2 is 2.21 bits per heavy atom. The molecule has 0 fully saturated rings. The molecule has 0 amide bonds. The standard InChI is InChI=1S/C14H19FN4/c1-4-8-16-10(2)14-11(3)19(18-17-14)13-7-5-6-12(15)9-13/h5-7,9-10,16H,4,8H2,1-3H3. The molecule has 1 aromatic heterocycles. The van der Waals surface area contributed by atoms with Gasteiger partial charge in [0.25, 0.3) is 0 Å². The molecule has 0 saturated heterocycles. The van der Waals surface area contributed by atoms with E-state index in [0.717, 1.165) is 24.4 Å². The van der Waals surface area contributed by atoms with Gasteiger partial charge in [-0.1, -0.05) is 18.2 Å². The average molecular weight is 262 g/mol. The van der Waals surface area contributed by atoms with Gasteiger partial charge in [-0.3, -0.25) is 0 Å². The van der Waals surface area contributed by atoms with Crippen LogP contribution in [0.5, 0.6) is 0 Å². The fourth-order valence-electron chi connectivity index (χ4n) is 2.05. The van der Waals surface area contributed by atoms with Crippen molar-refractivity contribution in [1.82, 2.24) is 20.3 Å². The molecular weight excluding hydrogens is 243 g/mol. The molecular formula is C14H19FN4. The van der Waals surface area contributed by atoms with Gasteiger partial charge in [-0.2, -0.15) is 0 Å². The molecule has 0 aliphatic rings. The van der Waals surface area contributed by atoms with Crippen LogP contribution in [0.4, 0.5) is 4.39 Å². The Bertz CT molecular complexity index is 550. The number of hydrogen-bond donors (Lipinski definition) is 1. The third-order valence-electron chi connectivity index (χ3n) is 3.09. The Kier molecular flexibility index (Phi) is 4.27. The summed E-state index contributed by atoms with van der Waals surface area (Å²) >= 11 is 0. The monoisotopic (exact) mass is 262 g/mol. The molecule has 1 unspecified atom stereocenters. The van der Waals surface area contributed by atoms with Gasteiger partial charge in [0.15, 0.2) is 0 Å². The highest BCUT2D eigenvalue weighted by molar-refractivity contribution is 5.33. The van der Waals surface area contributed by atoms with Crippen LogP contribution in [-0.2, 0) is 0 Å². The second-order valence-corrected chi connectivity index (χ2v) is 4.63. The van der Waals surface area contributed by atoms with Crippen LogP contribution in [0.25, 0.3) is 5.69 Å². The molecule has 19 heavy (non-hydrogen) atoms. The first-order chi connectivity index (χ1) is 9.13. The van der Waals surface area contributed by atoms with Gasteiger partial charge in [0, 0.05) is 0 Å². The van der Waals surface area contributed by atoms with Gasteiger partial charge in [-0.15, -0.1) is 5.10 Å². The lowest BCUT2D eigenvalue weighted by molar-refractivity contribution is 0.555. The minimum Gasteiger partial charge on any atom is -0.309 e. The number of halogens is 1. The van der Waals surface area contributed by atoms with Crippen molar-refractivity contribution in [3.63, 3.8) is 0 Å². The summed E-state index contributed by atoms with van der Waals surface area (Å²) in [6.07, 6.45) is 1.07. The van der Waals surface area contributed by atoms with Gasteiger partial charge in [-0.25, -0.2) is 9.07 Å². The van der Waals surface area contributed by atoms with Crippen molar-refractivity contribution in [3.05, 3.63) is 41.5 Å². The maximum Gasteiger partial charge on any atom is 0.125 e. The van der Waals surface area contributed by atoms with Gasteiger partial charge in [0.1, 0.15) is 11.5 Å². The van der Waals surface area contributed by atoms with E-state index in [1.54, 1.807) is 10.7 Å². The highest BCUT2D eigenvalue weighted by Crippen LogP contribution is 2.18. The molecule has 1 N–H and O–H groups in total. The zero-order chi connectivity index (χ0) is 13.8. The lowest BCUT2D eigenvalue weighted by Gasteiger charge is -2.11. The summed E-state index contributed by atoms with van der Waals surface area (Å²) in [5, 5.41) is 11.7. The number of rotatable bonds is 5. The summed E-state index contributed by atoms with van der Waals surface area (Å²) in [5.41, 5.74) is 2.53. The molecule has 2 aromatic rings. The average Bonchev–Trinajstić information content (AvgIpc) is 2.78. The van der Waals surface area contributed by atoms with E-state index in [4.69, 9.17) is 0 Å². The molecule has 5 heteroatoms. The molecule has 0 radical (unpaired) electrons. The van der Waals surface area contributed by atoms with E-state index in [9.17, 15) is 4.39 Å². The van der Waals surface area contributed by atoms with Crippen molar-refractivity contribution < 1.29 is 4.39 Å². The first kappa shape index (κ1) is 13.7. The summed E-state index contributed by atoms with van der Waals surface area (Å²) in [5.74, 6) is -0.272. The first-order valence-corrected chi connectivity index (χ1v) is 6.55. The molecule has 1 aromatic carbocycles. The Balaban J connectivity index is 2.27. The Morgan fingerprint density at radius 3 is 2.89 bits per heavy atom. The number of hydrogen-bond acceptors (Lipinski definition) is 3. The number of nitrogens with zero attached hydrogens (tertiary/aromatic N) is 3. The molecule has 0 saturated carbocycles. The van der Waals surface area contributed by atoms with E-state index in [1.165, 1.54) is 12.1 Å². The second kappa shape index (κ2) is 5.93. The van der Waals surface area contributed by atoms with Crippen molar-refractivity contribution in [2.24, 2.45) is 0 Å². The van der Waals surface area contributed by atoms with Crippen molar-refractivity contribution in [1.29, 1.82) is 0 Å². The minimum atomic E-state index is -0.272. The molecule has 0 spiro atoms. The molecule has 0 bridgehead atoms. The Hall–Kier alpha value is -1.75. The van der Waals surface area contributed by atoms with Gasteiger partial charge in [0.2, 0.25) is 0 Å². The smallest absolute Gasteiger partial charge is 0.125 e. The van der Waals surface area contributed by atoms with Crippen LogP contribution in [0.2, 0.25) is 0 Å². The fourth-order valence-corrected chi connectivity index (χ4v) is 2.05. The Morgan fingerprint density at radius 1 is 1.42 bits per heavy atom. The fraction of sp³-hybridized carbons (Fsp3) is 0.429. The second-order valence-electron chi connectivity index (χ2n) is 4.63. The highest BCUT2D eigenvalue weighted by Gasteiger charge is 2.15. The Labute approximate surface area is 112 Å². The van der Waals surface area contributed by atoms with Gasteiger partial charge in [0.05, 0.1) is 17.4 Å². The van der Waals surface area contributed by atoms with Crippen LogP contribution in [-0.4, -0.2) is 21.5 Å². The zero-order valence-electron chi connectivity index (χ0n) is 11.5. The predicted octanol–water partition coefficient (Wildman–Crippen LogP) is 2.78. The van der Waals surface area contributed by atoms with E-state index in [-0.39, 0.29) is 11.9 Å². The topological polar surface area (TPSA) is 42.7 Å². The van der Waals surface area contributed by atoms with Crippen LogP contribution in [0.15, 0.2) is 24.3 Å². The number of nitrogens with one attached hydrogen (secondary N) is 1. The lowest BCUT2D eigenvalue weighted by Crippen LogP contribution is -2.20. The first-order valence-electron chi connectivity index (χ1n) is 6.55. The van der Waals surface area contributed by atoms with Crippen LogP contribution in [0.3, 0.4) is 0 Å². The van der Waals surface area contributed by atoms with Gasteiger partial charge in [-0.05, 0) is 45.0 Å². The van der Waals surface area contributed by atoms with Crippen LogP contribution < -0.4 is 5.32 Å². The van der Waals surface area contributed by atoms with Crippen molar-refractivity contribution in [2.75, 3.05) is 6.54 Å². The predicted molar refractivity (Wildman–Crippen MR) is 72.8 cm³/mol. The van der Waals surface area contributed by atoms with Crippen LogP contribution >= 0.6 is 0 Å². The van der Waals surface area contributed by atoms with Crippen LogP contribution in [0, 0.1) is 12.7 Å². The molecule has 2 rings (SSSR count). The zero-order valence-corrected chi connectivity index (χ0v) is 11.5. The molecule has 0 aliphatic heterocycles. The van der Waals surface area contributed by atoms with Crippen molar-refractivity contribution in [3.8, 4) is 5.69 Å². The SMILES string of the molecule is CCCNC(C)c1nnn(-c2cccc(F)c2)c1C. The third-order valence-corrected chi connectivity index (χ3v) is 3.09. The van der Waals surface area contributed by atoms with Crippen molar-refractivity contribution >= 4 is 0 Å². The number of aromatic nitrogens is 3. The van der Waals surface area contributed by atoms with E-state index < -0.39 is 0 Å². The molecule has 1 heterocycles. The lowest BCUT2D eigenvalue weighted by atomic mass is 10.2. The maximum atomic E-state index is 13.2. The molecule has 1 atom stereocenters. The summed E-state index contributed by atoms with van der Waals surface area (Å²) in [6.45, 7) is 7.07. The van der Waals surface area contributed by atoms with Gasteiger partial charge < -0.3 is 5.32 Å². The van der Waals surface area contributed by atoms with E-state index >= 15 is 0 Å². The molecule has 0 aliphatic carbocycles. The van der Waals surface area contributed by atoms with E-state index in [0.29, 0.717) is 5.69 Å². The summed E-state index contributed by atoms with van der Waals surface area (Å²) in [7, 11) is 0. The summed E-state index contributed by atoms with van der Waals surface area (Å²) < 4.78 is 14.9. The molecule has 102 valence electrons. The molecule has 4 nitrogen and oxygen atoms in total. The largest absolute Gasteiger partial charge is 0.309 e. The quantitative estimate of drug-likeness (QED) is 0.901. The highest BCUT2D eigenvalue weighted by atomic mass is 19.1. The summed E-state index contributed by atoms with van der Waals surface area (Å²) in [4.78, 5) is 0. The summed E-state index contributed by atoms with van der Waals surface area (Å²) in [6, 6.07) is 6.50. The maximum absolute atomic E-state index is 13.2. The van der Waals surface area contributed by atoms with E-state index in [2.05, 4.69) is 29.5 Å². The minimum absolute atomic E-state index is 0.141. The number of benzene rings is 1. The van der Waals surface area contributed by atoms with Gasteiger partial charge >= 0.3 is 0 Å². The van der Waals surface area contributed by atoms with Crippen molar-refractivity contribution in [2.45, 2.75) is 33.2 Å². The third kappa shape index (κ3) is 2.98.